The van der Waals surface area contributed by atoms with Crippen LogP contribution in [0, 0.1) is 12.8 Å². The van der Waals surface area contributed by atoms with Gasteiger partial charge in [0.1, 0.15) is 5.75 Å². The van der Waals surface area contributed by atoms with Crippen molar-refractivity contribution in [1.29, 1.82) is 0 Å². The molecule has 1 amide bonds. The van der Waals surface area contributed by atoms with Crippen LogP contribution in [0.15, 0.2) is 53.4 Å². The summed E-state index contributed by atoms with van der Waals surface area (Å²) in [5.41, 5.74) is 2.24. The molecule has 0 unspecified atom stereocenters. The highest BCUT2D eigenvalue weighted by atomic mass is 32.2. The quantitative estimate of drug-likeness (QED) is 0.784. The van der Waals surface area contributed by atoms with E-state index in [2.05, 4.69) is 5.32 Å². The molecule has 0 spiro atoms. The standard InChI is InChI=1S/C22H28N2O4S/c1-16-4-6-18(7-5-16)17(2)23-22(25)19-12-14-24(15-13-19)29(26,27)21-10-8-20(28-3)9-11-21/h4-11,17,19H,12-15H2,1-3H3,(H,23,25)/t17-/m1/s1. The van der Waals surface area contributed by atoms with Gasteiger partial charge in [-0.1, -0.05) is 29.8 Å². The molecule has 1 N–H and O–H groups in total. The number of carbonyl (C=O) groups is 1. The number of piperidine rings is 1. The molecule has 6 nitrogen and oxygen atoms in total. The lowest BCUT2D eigenvalue weighted by Gasteiger charge is -2.31. The van der Waals surface area contributed by atoms with Crippen LogP contribution >= 0.6 is 0 Å². The molecule has 0 bridgehead atoms. The monoisotopic (exact) mass is 416 g/mol. The molecule has 3 rings (SSSR count). The minimum Gasteiger partial charge on any atom is -0.497 e. The van der Waals surface area contributed by atoms with Crippen LogP contribution in [-0.2, 0) is 14.8 Å². The van der Waals surface area contributed by atoms with Gasteiger partial charge in [0.2, 0.25) is 15.9 Å². The van der Waals surface area contributed by atoms with Gasteiger partial charge in [-0.2, -0.15) is 4.31 Å². The number of aryl methyl sites for hydroxylation is 1. The number of nitrogens with zero attached hydrogens (tertiary/aromatic N) is 1. The average Bonchev–Trinajstić information content (AvgIpc) is 2.74. The summed E-state index contributed by atoms with van der Waals surface area (Å²) in [4.78, 5) is 12.9. The van der Waals surface area contributed by atoms with E-state index in [0.29, 0.717) is 31.7 Å². The van der Waals surface area contributed by atoms with Crippen molar-refractivity contribution < 1.29 is 17.9 Å². The van der Waals surface area contributed by atoms with Crippen LogP contribution in [0.1, 0.15) is 36.9 Å². The van der Waals surface area contributed by atoms with Gasteiger partial charge in [-0.3, -0.25) is 4.79 Å². The maximum atomic E-state index is 12.8. The van der Waals surface area contributed by atoms with Crippen molar-refractivity contribution in [3.05, 3.63) is 59.7 Å². The predicted molar refractivity (Wildman–Crippen MR) is 112 cm³/mol. The molecular formula is C22H28N2O4S. The van der Waals surface area contributed by atoms with Crippen LogP contribution in [0.3, 0.4) is 0 Å². The minimum atomic E-state index is -3.56. The second-order valence-corrected chi connectivity index (χ2v) is 9.43. The van der Waals surface area contributed by atoms with E-state index in [-0.39, 0.29) is 22.8 Å². The molecule has 7 heteroatoms. The van der Waals surface area contributed by atoms with Crippen molar-refractivity contribution in [2.24, 2.45) is 5.92 Å². The summed E-state index contributed by atoms with van der Waals surface area (Å²) >= 11 is 0. The van der Waals surface area contributed by atoms with E-state index in [9.17, 15) is 13.2 Å². The molecular weight excluding hydrogens is 388 g/mol. The van der Waals surface area contributed by atoms with E-state index in [0.717, 1.165) is 5.56 Å². The van der Waals surface area contributed by atoms with E-state index in [1.807, 2.05) is 38.1 Å². The first-order valence-corrected chi connectivity index (χ1v) is 11.3. The third-order valence-electron chi connectivity index (χ3n) is 5.46. The zero-order valence-corrected chi connectivity index (χ0v) is 17.9. The van der Waals surface area contributed by atoms with Gasteiger partial charge in [-0.05, 0) is 56.5 Å². The summed E-state index contributed by atoms with van der Waals surface area (Å²) in [7, 11) is -2.02. The highest BCUT2D eigenvalue weighted by Gasteiger charge is 2.32. The molecule has 1 saturated heterocycles. The Balaban J connectivity index is 1.57. The number of hydrogen-bond donors (Lipinski definition) is 1. The summed E-state index contributed by atoms with van der Waals surface area (Å²) in [6.07, 6.45) is 1.03. The van der Waals surface area contributed by atoms with Crippen LogP contribution in [0.5, 0.6) is 5.75 Å². The van der Waals surface area contributed by atoms with Crippen molar-refractivity contribution in [1.82, 2.24) is 9.62 Å². The van der Waals surface area contributed by atoms with E-state index < -0.39 is 10.0 Å². The van der Waals surface area contributed by atoms with Crippen molar-refractivity contribution in [3.8, 4) is 5.75 Å². The van der Waals surface area contributed by atoms with Crippen LogP contribution in [0.25, 0.3) is 0 Å². The SMILES string of the molecule is COc1ccc(S(=O)(=O)N2CCC(C(=O)N[C@H](C)c3ccc(C)cc3)CC2)cc1. The van der Waals surface area contributed by atoms with E-state index in [1.165, 1.54) is 9.87 Å². The number of carbonyl (C=O) groups excluding carboxylic acids is 1. The normalized spacial score (nSPS) is 16.9. The topological polar surface area (TPSA) is 75.7 Å². The summed E-state index contributed by atoms with van der Waals surface area (Å²) in [5.74, 6) is 0.423. The average molecular weight is 417 g/mol. The second kappa shape index (κ2) is 8.97. The Kier molecular flexibility index (Phi) is 6.59. The van der Waals surface area contributed by atoms with Crippen LogP contribution < -0.4 is 10.1 Å². The molecule has 0 aromatic heterocycles. The summed E-state index contributed by atoms with van der Waals surface area (Å²) in [6, 6.07) is 14.4. The summed E-state index contributed by atoms with van der Waals surface area (Å²) < 4.78 is 32.2. The third kappa shape index (κ3) is 4.97. The molecule has 2 aromatic rings. The summed E-state index contributed by atoms with van der Waals surface area (Å²) in [6.45, 7) is 4.67. The number of rotatable bonds is 6. The van der Waals surface area contributed by atoms with Crippen molar-refractivity contribution in [2.45, 2.75) is 37.6 Å². The second-order valence-electron chi connectivity index (χ2n) is 7.49. The molecule has 0 saturated carbocycles. The molecule has 1 fully saturated rings. The largest absolute Gasteiger partial charge is 0.497 e. The molecule has 1 heterocycles. The molecule has 156 valence electrons. The third-order valence-corrected chi connectivity index (χ3v) is 7.37. The molecule has 0 radical (unpaired) electrons. The van der Waals surface area contributed by atoms with Gasteiger partial charge < -0.3 is 10.1 Å². The maximum Gasteiger partial charge on any atom is 0.243 e. The minimum absolute atomic E-state index is 0.0143. The maximum absolute atomic E-state index is 12.8. The molecule has 1 aliphatic heterocycles. The highest BCUT2D eigenvalue weighted by molar-refractivity contribution is 7.89. The lowest BCUT2D eigenvalue weighted by molar-refractivity contribution is -0.126. The van der Waals surface area contributed by atoms with Crippen LogP contribution in [0.4, 0.5) is 0 Å². The van der Waals surface area contributed by atoms with E-state index in [1.54, 1.807) is 31.4 Å². The highest BCUT2D eigenvalue weighted by Crippen LogP contribution is 2.26. The smallest absolute Gasteiger partial charge is 0.243 e. The number of nitrogens with one attached hydrogen (secondary N) is 1. The van der Waals surface area contributed by atoms with Gasteiger partial charge in [0.05, 0.1) is 18.0 Å². The molecule has 2 aromatic carbocycles. The number of methoxy groups -OCH3 is 1. The van der Waals surface area contributed by atoms with Crippen molar-refractivity contribution in [2.75, 3.05) is 20.2 Å². The van der Waals surface area contributed by atoms with Gasteiger partial charge in [-0.25, -0.2) is 8.42 Å². The van der Waals surface area contributed by atoms with Gasteiger partial charge >= 0.3 is 0 Å². The molecule has 1 aliphatic rings. The van der Waals surface area contributed by atoms with Gasteiger partial charge in [0.25, 0.3) is 0 Å². The molecule has 0 aliphatic carbocycles. The Bertz CT molecular complexity index is 932. The van der Waals surface area contributed by atoms with E-state index >= 15 is 0 Å². The van der Waals surface area contributed by atoms with Crippen molar-refractivity contribution in [3.63, 3.8) is 0 Å². The Morgan fingerprint density at radius 1 is 1.07 bits per heavy atom. The Morgan fingerprint density at radius 2 is 1.66 bits per heavy atom. The van der Waals surface area contributed by atoms with E-state index in [4.69, 9.17) is 4.74 Å². The molecule has 1 atom stereocenters. The zero-order valence-electron chi connectivity index (χ0n) is 17.1. The Morgan fingerprint density at radius 3 is 2.21 bits per heavy atom. The number of amides is 1. The van der Waals surface area contributed by atoms with Gasteiger partial charge in [0.15, 0.2) is 0 Å². The fourth-order valence-corrected chi connectivity index (χ4v) is 4.99. The van der Waals surface area contributed by atoms with Gasteiger partial charge in [-0.15, -0.1) is 0 Å². The first-order chi connectivity index (χ1) is 13.8. The molecule has 29 heavy (non-hydrogen) atoms. The lowest BCUT2D eigenvalue weighted by Crippen LogP contribution is -2.43. The summed E-state index contributed by atoms with van der Waals surface area (Å²) in [5, 5.41) is 3.06. The number of hydrogen-bond acceptors (Lipinski definition) is 4. The fraction of sp³-hybridized carbons (Fsp3) is 0.409. The first-order valence-electron chi connectivity index (χ1n) is 9.82. The fourth-order valence-electron chi connectivity index (χ4n) is 3.52. The lowest BCUT2D eigenvalue weighted by atomic mass is 9.96. The number of benzene rings is 2. The zero-order chi connectivity index (χ0) is 21.0. The number of sulfonamides is 1. The van der Waals surface area contributed by atoms with Crippen molar-refractivity contribution >= 4 is 15.9 Å². The van der Waals surface area contributed by atoms with Crippen LogP contribution in [0.2, 0.25) is 0 Å². The predicted octanol–water partition coefficient (Wildman–Crippen LogP) is 3.28. The first kappa shape index (κ1) is 21.3. The Labute approximate surface area is 172 Å². The van der Waals surface area contributed by atoms with Gasteiger partial charge in [0, 0.05) is 19.0 Å². The Hall–Kier alpha value is -2.38. The van der Waals surface area contributed by atoms with Crippen LogP contribution in [-0.4, -0.2) is 38.8 Å². The number of ether oxygens (including phenoxy) is 1.